The van der Waals surface area contributed by atoms with Crippen LogP contribution in [0.1, 0.15) is 89.4 Å². The number of carbonyl (C=O) groups is 2. The second kappa shape index (κ2) is 17.5. The number of nitrogens with zero attached hydrogens (tertiary/aromatic N) is 8. The molecule has 3 aromatic carbocycles. The van der Waals surface area contributed by atoms with Crippen LogP contribution in [-0.2, 0) is 16.1 Å². The molecule has 15 nitrogen and oxygen atoms in total. The number of hydrogen-bond acceptors (Lipinski definition) is 11. The summed E-state index contributed by atoms with van der Waals surface area (Å²) in [6, 6.07) is 17.7. The Bertz CT molecular complexity index is 2830. The lowest BCUT2D eigenvalue weighted by Crippen LogP contribution is -2.56. The van der Waals surface area contributed by atoms with Crippen molar-refractivity contribution in [3.63, 3.8) is 0 Å². The highest BCUT2D eigenvalue weighted by Crippen LogP contribution is 2.40. The van der Waals surface area contributed by atoms with Gasteiger partial charge in [0.1, 0.15) is 28.4 Å². The van der Waals surface area contributed by atoms with Crippen molar-refractivity contribution in [3.8, 4) is 33.6 Å². The number of hydrogen-bond donors (Lipinski definition) is 4. The molecule has 2 amide bonds. The molecule has 64 heavy (non-hydrogen) atoms. The predicted octanol–water partition coefficient (Wildman–Crippen LogP) is 6.75. The van der Waals surface area contributed by atoms with Gasteiger partial charge < -0.3 is 20.4 Å². The minimum absolute atomic E-state index is 0.00666. The van der Waals surface area contributed by atoms with Gasteiger partial charge >= 0.3 is 5.69 Å². The zero-order chi connectivity index (χ0) is 45.0. The van der Waals surface area contributed by atoms with Crippen LogP contribution in [0.5, 0.6) is 11.5 Å². The number of phenolic OH excluding ortho intramolecular Hbond substituents is 2. The second-order valence-electron chi connectivity index (χ2n) is 17.5. The number of fused-ring (bicyclic) bond motifs is 3. The molecule has 17 heteroatoms. The lowest BCUT2D eigenvalue weighted by atomic mass is 9.91. The Morgan fingerprint density at radius 3 is 2.38 bits per heavy atom. The minimum Gasteiger partial charge on any atom is -0.508 e. The Morgan fingerprint density at radius 2 is 1.67 bits per heavy atom. The van der Waals surface area contributed by atoms with Gasteiger partial charge in [-0.25, -0.2) is 14.5 Å². The Hall–Kier alpha value is -6.10. The second-order valence-corrected chi connectivity index (χ2v) is 19.1. The highest BCUT2D eigenvalue weighted by atomic mass is 35.5. The smallest absolute Gasteiger partial charge is 0.348 e. The van der Waals surface area contributed by atoms with E-state index in [2.05, 4.69) is 44.5 Å². The van der Waals surface area contributed by atoms with Crippen LogP contribution in [0.15, 0.2) is 70.5 Å². The number of halogens is 1. The fourth-order valence-corrected chi connectivity index (χ4v) is 10.4. The van der Waals surface area contributed by atoms with Crippen molar-refractivity contribution in [2.45, 2.75) is 72.4 Å². The van der Waals surface area contributed by atoms with Gasteiger partial charge in [0, 0.05) is 65.1 Å². The lowest BCUT2D eigenvalue weighted by Gasteiger charge is -2.42. The molecule has 2 fully saturated rings. The normalized spacial score (nSPS) is 16.9. The third-order valence-electron chi connectivity index (χ3n) is 12.8. The van der Waals surface area contributed by atoms with Crippen LogP contribution in [-0.4, -0.2) is 99.8 Å². The van der Waals surface area contributed by atoms with Crippen molar-refractivity contribution in [2.24, 2.45) is 16.8 Å². The monoisotopic (exact) mass is 902 g/mol. The highest BCUT2D eigenvalue weighted by Gasteiger charge is 2.37. The quantitative estimate of drug-likeness (QED) is 0.109. The zero-order valence-electron chi connectivity index (χ0n) is 36.4. The summed E-state index contributed by atoms with van der Waals surface area (Å²) in [6.45, 7) is 14.0. The van der Waals surface area contributed by atoms with Crippen molar-refractivity contribution in [3.05, 3.63) is 121 Å². The first kappa shape index (κ1) is 43.2. The maximum Gasteiger partial charge on any atom is 0.348 e. The van der Waals surface area contributed by atoms with Crippen LogP contribution in [0.2, 0.25) is 5.02 Å². The van der Waals surface area contributed by atoms with E-state index in [0.29, 0.717) is 53.8 Å². The molecule has 332 valence electrons. The van der Waals surface area contributed by atoms with Gasteiger partial charge in [-0.3, -0.25) is 24.0 Å². The van der Waals surface area contributed by atoms with Crippen LogP contribution in [0.3, 0.4) is 0 Å². The molecule has 0 unspecified atom stereocenters. The van der Waals surface area contributed by atoms with Gasteiger partial charge in [0.15, 0.2) is 11.6 Å². The number of H-pyrrole nitrogens is 1. The number of nitrogens with one attached hydrogen (secondary N) is 2. The van der Waals surface area contributed by atoms with Crippen LogP contribution in [0.4, 0.5) is 0 Å². The van der Waals surface area contributed by atoms with Crippen molar-refractivity contribution < 1.29 is 19.8 Å². The number of aliphatic imine (C=N–C) groups is 1. The van der Waals surface area contributed by atoms with Gasteiger partial charge in [-0.1, -0.05) is 49.7 Å². The molecule has 0 saturated carbocycles. The molecule has 4 N–H and O–H groups in total. The molecule has 0 aliphatic carbocycles. The number of benzene rings is 3. The van der Waals surface area contributed by atoms with E-state index in [1.54, 1.807) is 17.4 Å². The summed E-state index contributed by atoms with van der Waals surface area (Å²) in [5.41, 5.74) is 6.07. The Kier molecular flexibility index (Phi) is 11.8. The Morgan fingerprint density at radius 1 is 0.953 bits per heavy atom. The molecule has 0 bridgehead atoms. The summed E-state index contributed by atoms with van der Waals surface area (Å²) in [7, 11) is 0. The molecule has 3 aliphatic rings. The number of carbonyl (C=O) groups excluding carboxylic acids is 2. The molecule has 1 atom stereocenters. The van der Waals surface area contributed by atoms with E-state index in [1.165, 1.54) is 15.5 Å². The first-order valence-electron chi connectivity index (χ1n) is 21.7. The Labute approximate surface area is 379 Å². The molecular weight excluding hydrogens is 852 g/mol. The number of aromatic nitrogens is 6. The van der Waals surface area contributed by atoms with Crippen molar-refractivity contribution >= 4 is 40.5 Å². The summed E-state index contributed by atoms with van der Waals surface area (Å²) in [5.74, 6) is 1.63. The molecule has 2 saturated heterocycles. The maximum atomic E-state index is 13.6. The number of aromatic amines is 1. The first-order chi connectivity index (χ1) is 30.7. The standard InChI is InChI=1S/C47H51ClN10O5S/c1-25(2)35-18-36(39(60)20-38(35)59)43-52-54-47(63)58(43)34-12-6-29(7-13-34)22-55-16-14-32(15-17-55)45(62)56-23-30(24-56)21-49-40(61)19-37-44-53-51-28(5)57(44)46-41(26(3)27(4)64-46)42(50-37)31-8-10-33(48)11-9-31/h6-13,18,20,25,30,32,37,59-60H,14-17,19,21-24H2,1-5H3,(H,49,61)(H,54,63)/t37-/m0/s1. The highest BCUT2D eigenvalue weighted by molar-refractivity contribution is 7.15. The first-order valence-corrected chi connectivity index (χ1v) is 22.9. The van der Waals surface area contributed by atoms with E-state index in [0.717, 1.165) is 64.7 Å². The number of thiophene rings is 1. The molecule has 6 heterocycles. The number of aryl methyl sites for hydroxylation is 2. The zero-order valence-corrected chi connectivity index (χ0v) is 38.0. The van der Waals surface area contributed by atoms with Crippen LogP contribution < -0.4 is 11.0 Å². The molecule has 0 radical (unpaired) electrons. The number of rotatable bonds is 11. The Balaban J connectivity index is 0.766. The fourth-order valence-electron chi connectivity index (χ4n) is 9.07. The molecule has 3 aromatic heterocycles. The summed E-state index contributed by atoms with van der Waals surface area (Å²) >= 11 is 7.93. The van der Waals surface area contributed by atoms with E-state index in [4.69, 9.17) is 16.6 Å². The lowest BCUT2D eigenvalue weighted by molar-refractivity contribution is -0.143. The van der Waals surface area contributed by atoms with E-state index in [9.17, 15) is 24.6 Å². The minimum atomic E-state index is -0.552. The van der Waals surface area contributed by atoms with Crippen molar-refractivity contribution in [1.82, 2.24) is 44.6 Å². The third kappa shape index (κ3) is 8.25. The number of piperidine rings is 1. The van der Waals surface area contributed by atoms with Gasteiger partial charge in [0.2, 0.25) is 11.8 Å². The molecule has 9 rings (SSSR count). The summed E-state index contributed by atoms with van der Waals surface area (Å²) in [6.07, 6.45) is 1.65. The average Bonchev–Trinajstić information content (AvgIpc) is 3.89. The largest absolute Gasteiger partial charge is 0.508 e. The number of likely N-dealkylation sites (tertiary alicyclic amines) is 2. The van der Waals surface area contributed by atoms with Crippen LogP contribution in [0.25, 0.3) is 22.1 Å². The fraction of sp³-hybridized carbons (Fsp3) is 0.383. The van der Waals surface area contributed by atoms with E-state index < -0.39 is 11.7 Å². The molecule has 3 aliphatic heterocycles. The topological polar surface area (TPSA) is 187 Å². The molecule has 0 spiro atoms. The maximum absolute atomic E-state index is 13.6. The number of aromatic hydroxyl groups is 2. The summed E-state index contributed by atoms with van der Waals surface area (Å²) < 4.78 is 3.45. The van der Waals surface area contributed by atoms with E-state index in [-0.39, 0.29) is 53.3 Å². The van der Waals surface area contributed by atoms with Crippen molar-refractivity contribution in [1.29, 1.82) is 0 Å². The molecule has 6 aromatic rings. The van der Waals surface area contributed by atoms with Crippen LogP contribution >= 0.6 is 22.9 Å². The number of amides is 2. The van der Waals surface area contributed by atoms with Gasteiger partial charge in [0.05, 0.1) is 23.4 Å². The SMILES string of the molecule is Cc1sc2c(c1C)C(c1ccc(Cl)cc1)=N[C@@H](CC(=O)NCC1CN(C(=O)C3CCN(Cc4ccc(-n5c(-c6cc(C(C)C)c(O)cc6O)n[nH]c5=O)cc4)CC3)C1)c1nnc(C)n1-2. The summed E-state index contributed by atoms with van der Waals surface area (Å²) in [4.78, 5) is 50.7. The van der Waals surface area contributed by atoms with Gasteiger partial charge in [0.25, 0.3) is 0 Å². The van der Waals surface area contributed by atoms with Crippen LogP contribution in [0, 0.1) is 32.6 Å². The van der Waals surface area contributed by atoms with Crippen molar-refractivity contribution in [2.75, 3.05) is 32.7 Å². The average molecular weight is 904 g/mol. The van der Waals surface area contributed by atoms with Gasteiger partial charge in [-0.05, 0) is 99.6 Å². The van der Waals surface area contributed by atoms with E-state index >= 15 is 0 Å². The number of phenols is 2. The van der Waals surface area contributed by atoms with Gasteiger partial charge in [-0.2, -0.15) is 5.10 Å². The summed E-state index contributed by atoms with van der Waals surface area (Å²) in [5, 5.41) is 41.4. The van der Waals surface area contributed by atoms with Gasteiger partial charge in [-0.15, -0.1) is 21.5 Å². The third-order valence-corrected chi connectivity index (χ3v) is 14.3. The van der Waals surface area contributed by atoms with E-state index in [1.807, 2.05) is 78.8 Å². The predicted molar refractivity (Wildman–Crippen MR) is 246 cm³/mol. The molecular formula is C47H51ClN10O5S.